The van der Waals surface area contributed by atoms with Crippen molar-refractivity contribution in [1.82, 2.24) is 10.2 Å². The van der Waals surface area contributed by atoms with E-state index in [1.54, 1.807) is 4.90 Å². The number of amides is 2. The van der Waals surface area contributed by atoms with Gasteiger partial charge < -0.3 is 10.2 Å². The summed E-state index contributed by atoms with van der Waals surface area (Å²) in [6, 6.07) is 18.0. The standard InChI is InChI=1S/C22H24N2O2/c25-20(12-15-24-16-17-8-4-5-11-19(17)21(24)26)23-22(13-6-7-14-22)18-9-2-1-3-10-18/h1-5,8-11H,6-7,12-16H2,(H,23,25). The average Bonchev–Trinajstić information content (AvgIpc) is 3.27. The molecule has 0 unspecified atom stereocenters. The maximum absolute atomic E-state index is 12.7. The first-order valence-electron chi connectivity index (χ1n) is 9.42. The average molecular weight is 348 g/mol. The monoisotopic (exact) mass is 348 g/mol. The first-order chi connectivity index (χ1) is 12.7. The number of carbonyl (C=O) groups excluding carboxylic acids is 2. The van der Waals surface area contributed by atoms with Crippen molar-refractivity contribution in [3.05, 3.63) is 71.3 Å². The van der Waals surface area contributed by atoms with Gasteiger partial charge in [0.1, 0.15) is 0 Å². The lowest BCUT2D eigenvalue weighted by molar-refractivity contribution is -0.123. The molecular formula is C22H24N2O2. The quantitative estimate of drug-likeness (QED) is 0.897. The molecule has 1 aliphatic heterocycles. The molecule has 0 radical (unpaired) electrons. The Labute approximate surface area is 154 Å². The predicted octanol–water partition coefficient (Wildman–Crippen LogP) is 3.62. The fourth-order valence-corrected chi connectivity index (χ4v) is 4.28. The van der Waals surface area contributed by atoms with Gasteiger partial charge in [0.15, 0.2) is 0 Å². The molecule has 2 amide bonds. The van der Waals surface area contributed by atoms with Crippen molar-refractivity contribution in [3.8, 4) is 0 Å². The van der Waals surface area contributed by atoms with Crippen molar-refractivity contribution in [3.63, 3.8) is 0 Å². The Morgan fingerprint density at radius 1 is 1.00 bits per heavy atom. The van der Waals surface area contributed by atoms with Gasteiger partial charge in [0.25, 0.3) is 5.91 Å². The Morgan fingerprint density at radius 2 is 1.69 bits per heavy atom. The molecule has 2 aromatic rings. The summed E-state index contributed by atoms with van der Waals surface area (Å²) in [5.74, 6) is 0.0616. The third-order valence-electron chi connectivity index (χ3n) is 5.67. The van der Waals surface area contributed by atoms with E-state index < -0.39 is 0 Å². The minimum absolute atomic E-state index is 0.0273. The third kappa shape index (κ3) is 3.12. The predicted molar refractivity (Wildman–Crippen MR) is 101 cm³/mol. The largest absolute Gasteiger partial charge is 0.347 e. The van der Waals surface area contributed by atoms with Crippen molar-refractivity contribution in [1.29, 1.82) is 0 Å². The number of hydrogen-bond donors (Lipinski definition) is 1. The van der Waals surface area contributed by atoms with Crippen LogP contribution in [0.15, 0.2) is 54.6 Å². The van der Waals surface area contributed by atoms with E-state index in [0.29, 0.717) is 19.5 Å². The Kier molecular flexibility index (Phi) is 4.49. The number of carbonyl (C=O) groups is 2. The van der Waals surface area contributed by atoms with E-state index in [4.69, 9.17) is 0 Å². The summed E-state index contributed by atoms with van der Waals surface area (Å²) in [7, 11) is 0. The fourth-order valence-electron chi connectivity index (χ4n) is 4.28. The van der Waals surface area contributed by atoms with Gasteiger partial charge in [0.2, 0.25) is 5.91 Å². The Hall–Kier alpha value is -2.62. The maximum Gasteiger partial charge on any atom is 0.254 e. The molecule has 4 rings (SSSR count). The van der Waals surface area contributed by atoms with Crippen LogP contribution < -0.4 is 5.32 Å². The molecule has 1 saturated carbocycles. The molecule has 134 valence electrons. The van der Waals surface area contributed by atoms with E-state index in [2.05, 4.69) is 17.4 Å². The zero-order valence-electron chi connectivity index (χ0n) is 14.9. The van der Waals surface area contributed by atoms with Gasteiger partial charge >= 0.3 is 0 Å². The van der Waals surface area contributed by atoms with Crippen LogP contribution in [0.25, 0.3) is 0 Å². The molecular weight excluding hydrogens is 324 g/mol. The first kappa shape index (κ1) is 16.8. The molecule has 4 heteroatoms. The molecule has 4 nitrogen and oxygen atoms in total. The van der Waals surface area contributed by atoms with Crippen LogP contribution in [0, 0.1) is 0 Å². The van der Waals surface area contributed by atoms with Gasteiger partial charge in [-0.15, -0.1) is 0 Å². The normalized spacial score (nSPS) is 18.0. The molecule has 2 aromatic carbocycles. The van der Waals surface area contributed by atoms with Gasteiger partial charge in [-0.1, -0.05) is 61.4 Å². The molecule has 26 heavy (non-hydrogen) atoms. The number of benzene rings is 2. The number of nitrogens with one attached hydrogen (secondary N) is 1. The Balaban J connectivity index is 1.39. The van der Waals surface area contributed by atoms with Gasteiger partial charge in [-0.2, -0.15) is 0 Å². The minimum Gasteiger partial charge on any atom is -0.347 e. The smallest absolute Gasteiger partial charge is 0.254 e. The molecule has 1 fully saturated rings. The van der Waals surface area contributed by atoms with Crippen LogP contribution in [-0.2, 0) is 16.9 Å². The fraction of sp³-hybridized carbons (Fsp3) is 0.364. The summed E-state index contributed by atoms with van der Waals surface area (Å²) in [5.41, 5.74) is 2.77. The molecule has 0 saturated heterocycles. The summed E-state index contributed by atoms with van der Waals surface area (Å²) >= 11 is 0. The van der Waals surface area contributed by atoms with Gasteiger partial charge in [-0.05, 0) is 30.0 Å². The third-order valence-corrected chi connectivity index (χ3v) is 5.67. The van der Waals surface area contributed by atoms with Gasteiger partial charge in [-0.3, -0.25) is 9.59 Å². The first-order valence-corrected chi connectivity index (χ1v) is 9.42. The highest BCUT2D eigenvalue weighted by Crippen LogP contribution is 2.38. The lowest BCUT2D eigenvalue weighted by Crippen LogP contribution is -2.44. The zero-order valence-corrected chi connectivity index (χ0v) is 14.9. The molecule has 0 bridgehead atoms. The van der Waals surface area contributed by atoms with Gasteiger partial charge in [0.05, 0.1) is 5.54 Å². The molecule has 0 atom stereocenters. The van der Waals surface area contributed by atoms with Crippen molar-refractivity contribution >= 4 is 11.8 Å². The van der Waals surface area contributed by atoms with Crippen LogP contribution in [-0.4, -0.2) is 23.3 Å². The minimum atomic E-state index is -0.240. The maximum atomic E-state index is 12.7. The highest BCUT2D eigenvalue weighted by molar-refractivity contribution is 5.98. The van der Waals surface area contributed by atoms with Crippen LogP contribution >= 0.6 is 0 Å². The van der Waals surface area contributed by atoms with E-state index >= 15 is 0 Å². The lowest BCUT2D eigenvalue weighted by Gasteiger charge is -2.31. The molecule has 1 aliphatic carbocycles. The second kappa shape index (κ2) is 6.94. The lowest BCUT2D eigenvalue weighted by atomic mass is 9.88. The van der Waals surface area contributed by atoms with E-state index in [1.807, 2.05) is 42.5 Å². The van der Waals surface area contributed by atoms with Crippen LogP contribution in [0.4, 0.5) is 0 Å². The van der Waals surface area contributed by atoms with Crippen LogP contribution in [0.1, 0.15) is 53.6 Å². The van der Waals surface area contributed by atoms with Crippen molar-refractivity contribution < 1.29 is 9.59 Å². The van der Waals surface area contributed by atoms with Crippen molar-refractivity contribution in [2.75, 3.05) is 6.54 Å². The molecule has 1 heterocycles. The SMILES string of the molecule is O=C(CCN1Cc2ccccc2C1=O)NC1(c2ccccc2)CCCC1. The van der Waals surface area contributed by atoms with E-state index in [-0.39, 0.29) is 17.4 Å². The molecule has 1 N–H and O–H groups in total. The number of nitrogens with zero attached hydrogens (tertiary/aromatic N) is 1. The molecule has 0 spiro atoms. The molecule has 0 aromatic heterocycles. The number of fused-ring (bicyclic) bond motifs is 1. The Bertz CT molecular complexity index is 810. The summed E-state index contributed by atoms with van der Waals surface area (Å²) < 4.78 is 0. The second-order valence-electron chi connectivity index (χ2n) is 7.34. The molecule has 2 aliphatic rings. The van der Waals surface area contributed by atoms with Crippen LogP contribution in [0.5, 0.6) is 0 Å². The highest BCUT2D eigenvalue weighted by atomic mass is 16.2. The van der Waals surface area contributed by atoms with E-state index in [0.717, 1.165) is 36.8 Å². The van der Waals surface area contributed by atoms with Crippen LogP contribution in [0.2, 0.25) is 0 Å². The number of rotatable bonds is 5. The zero-order chi connectivity index (χ0) is 18.0. The van der Waals surface area contributed by atoms with Crippen molar-refractivity contribution in [2.24, 2.45) is 0 Å². The second-order valence-corrected chi connectivity index (χ2v) is 7.34. The summed E-state index contributed by atoms with van der Waals surface area (Å²) in [6.45, 7) is 1.07. The van der Waals surface area contributed by atoms with E-state index in [1.165, 1.54) is 5.56 Å². The summed E-state index contributed by atoms with van der Waals surface area (Å²) in [4.78, 5) is 26.9. The Morgan fingerprint density at radius 3 is 2.42 bits per heavy atom. The summed E-state index contributed by atoms with van der Waals surface area (Å²) in [5, 5.41) is 3.29. The van der Waals surface area contributed by atoms with Gasteiger partial charge in [0, 0.05) is 25.1 Å². The van der Waals surface area contributed by atoms with E-state index in [9.17, 15) is 9.59 Å². The number of hydrogen-bond acceptors (Lipinski definition) is 2. The topological polar surface area (TPSA) is 49.4 Å². The van der Waals surface area contributed by atoms with Crippen molar-refractivity contribution in [2.45, 2.75) is 44.2 Å². The highest BCUT2D eigenvalue weighted by Gasteiger charge is 2.37. The van der Waals surface area contributed by atoms with Gasteiger partial charge in [-0.25, -0.2) is 0 Å². The summed E-state index contributed by atoms with van der Waals surface area (Å²) in [6.07, 6.45) is 4.58. The van der Waals surface area contributed by atoms with Crippen LogP contribution in [0.3, 0.4) is 0 Å².